The second-order valence-electron chi connectivity index (χ2n) is 12.8. The molecule has 0 saturated carbocycles. The number of thiazole rings is 1. The molecule has 2 N–H and O–H groups in total. The van der Waals surface area contributed by atoms with Crippen molar-refractivity contribution in [2.24, 2.45) is 17.3 Å². The Hall–Kier alpha value is -2.39. The first-order valence-corrected chi connectivity index (χ1v) is 15.6. The second kappa shape index (κ2) is 12.9. The zero-order valence-electron chi connectivity index (χ0n) is 25.1. The van der Waals surface area contributed by atoms with Gasteiger partial charge in [-0.25, -0.2) is 4.98 Å². The van der Waals surface area contributed by atoms with Gasteiger partial charge in [-0.2, -0.15) is 0 Å². The molecule has 2 aromatic rings. The maximum Gasteiger partial charge on any atom is 0.309 e. The van der Waals surface area contributed by atoms with E-state index in [9.17, 15) is 19.8 Å². The molecule has 7 atom stereocenters. The Bertz CT molecular complexity index is 1240. The summed E-state index contributed by atoms with van der Waals surface area (Å²) in [5.41, 5.74) is 1.01. The number of benzene rings is 1. The largest absolute Gasteiger partial charge is 0.458 e. The lowest BCUT2D eigenvalue weighted by Gasteiger charge is -2.36. The normalized spacial score (nSPS) is 33.6. The minimum Gasteiger partial charge on any atom is -0.458 e. The molecule has 1 aromatic carbocycles. The molecule has 7 nitrogen and oxygen atoms in total. The fourth-order valence-electron chi connectivity index (χ4n) is 5.94. The number of ether oxygens (including phenoxy) is 2. The van der Waals surface area contributed by atoms with Gasteiger partial charge in [-0.1, -0.05) is 57.5 Å². The molecule has 2 aliphatic heterocycles. The number of ketones is 1. The van der Waals surface area contributed by atoms with Crippen LogP contribution in [0.1, 0.15) is 83.0 Å². The van der Waals surface area contributed by atoms with Crippen molar-refractivity contribution in [3.63, 3.8) is 0 Å². The van der Waals surface area contributed by atoms with Gasteiger partial charge >= 0.3 is 5.97 Å². The van der Waals surface area contributed by atoms with Gasteiger partial charge in [-0.3, -0.25) is 9.59 Å². The highest BCUT2D eigenvalue weighted by atomic mass is 32.1. The Balaban J connectivity index is 1.61. The van der Waals surface area contributed by atoms with Gasteiger partial charge in [-0.05, 0) is 63.2 Å². The van der Waals surface area contributed by atoms with Crippen LogP contribution in [0.3, 0.4) is 0 Å². The molecule has 0 amide bonds. The molecule has 0 spiro atoms. The average Bonchev–Trinajstić information content (AvgIpc) is 3.37. The molecule has 41 heavy (non-hydrogen) atoms. The number of epoxide rings is 1. The van der Waals surface area contributed by atoms with E-state index in [0.717, 1.165) is 41.1 Å². The first-order chi connectivity index (χ1) is 19.3. The number of hydrogen-bond donors (Lipinski definition) is 2. The van der Waals surface area contributed by atoms with E-state index in [1.807, 2.05) is 62.6 Å². The average molecular weight is 584 g/mol. The van der Waals surface area contributed by atoms with Crippen LogP contribution in [0.25, 0.3) is 6.08 Å². The number of esters is 1. The lowest BCUT2D eigenvalue weighted by Crippen LogP contribution is -2.47. The molecule has 0 radical (unpaired) electrons. The van der Waals surface area contributed by atoms with Crippen LogP contribution in [0, 0.1) is 24.2 Å². The van der Waals surface area contributed by atoms with E-state index < -0.39 is 35.6 Å². The first-order valence-electron chi connectivity index (χ1n) is 14.7. The number of aryl methyl sites for hydroxylation is 1. The summed E-state index contributed by atoms with van der Waals surface area (Å²) in [5, 5.41) is 25.6. The molecule has 0 bridgehead atoms. The number of cyclic esters (lactones) is 1. The number of hydrogen-bond acceptors (Lipinski definition) is 8. The van der Waals surface area contributed by atoms with E-state index in [4.69, 9.17) is 9.47 Å². The summed E-state index contributed by atoms with van der Waals surface area (Å²) in [7, 11) is 0. The van der Waals surface area contributed by atoms with Crippen LogP contribution in [0.5, 0.6) is 0 Å². The van der Waals surface area contributed by atoms with Crippen LogP contribution in [0.4, 0.5) is 0 Å². The summed E-state index contributed by atoms with van der Waals surface area (Å²) in [6, 6.07) is 9.63. The lowest BCUT2D eigenvalue weighted by molar-refractivity contribution is -0.154. The van der Waals surface area contributed by atoms with Gasteiger partial charge in [0.25, 0.3) is 0 Å². The highest BCUT2D eigenvalue weighted by Crippen LogP contribution is 2.45. The van der Waals surface area contributed by atoms with Crippen molar-refractivity contribution in [2.45, 2.75) is 110 Å². The number of Topliss-reactive ketones (excluding diaryl/α,β-unsaturated/α-hetero) is 1. The Morgan fingerprint density at radius 2 is 1.88 bits per heavy atom. The Labute approximate surface area is 248 Å². The third-order valence-corrected chi connectivity index (χ3v) is 9.84. The number of carbonyl (C=O) groups is 2. The van der Waals surface area contributed by atoms with E-state index in [1.165, 1.54) is 0 Å². The van der Waals surface area contributed by atoms with Gasteiger partial charge in [0.05, 0.1) is 46.5 Å². The van der Waals surface area contributed by atoms with Crippen molar-refractivity contribution >= 4 is 29.2 Å². The standard InChI is InChI=1S/C33H45NO6S/c1-20-11-10-14-33(6)28(40-33)17-26(21(2)15-24-19-41-22(3)34-24)39-29(36)18-27(35)32(4,5)31(38)25(30(20)37)16-23-12-8-7-9-13-23/h7-9,12-13,15,19-20,25-28,30,35,37H,10-11,14,16-18H2,1-6H3/t20-,25-,26-,27-,28+,30+,33+/m0/s1. The van der Waals surface area contributed by atoms with Gasteiger partial charge in [0.1, 0.15) is 11.9 Å². The highest BCUT2D eigenvalue weighted by molar-refractivity contribution is 7.09. The fraction of sp³-hybridized carbons (Fsp3) is 0.606. The Morgan fingerprint density at radius 3 is 2.54 bits per heavy atom. The van der Waals surface area contributed by atoms with Crippen molar-refractivity contribution in [1.29, 1.82) is 0 Å². The molecule has 8 heteroatoms. The molecular formula is C33H45NO6S. The van der Waals surface area contributed by atoms with Crippen LogP contribution < -0.4 is 0 Å². The van der Waals surface area contributed by atoms with Gasteiger partial charge in [0.2, 0.25) is 0 Å². The van der Waals surface area contributed by atoms with Gasteiger partial charge in [0, 0.05) is 17.7 Å². The topological polar surface area (TPSA) is 109 Å². The third-order valence-electron chi connectivity index (χ3n) is 9.05. The lowest BCUT2D eigenvalue weighted by atomic mass is 9.70. The quantitative estimate of drug-likeness (QED) is 0.351. The van der Waals surface area contributed by atoms with Crippen molar-refractivity contribution in [3.05, 3.63) is 57.6 Å². The monoisotopic (exact) mass is 583 g/mol. The van der Waals surface area contributed by atoms with Crippen molar-refractivity contribution in [3.8, 4) is 0 Å². The van der Waals surface area contributed by atoms with E-state index in [1.54, 1.807) is 25.2 Å². The molecule has 3 heterocycles. The van der Waals surface area contributed by atoms with Gasteiger partial charge < -0.3 is 19.7 Å². The number of rotatable bonds is 4. The van der Waals surface area contributed by atoms with E-state index >= 15 is 0 Å². The van der Waals surface area contributed by atoms with Crippen LogP contribution in [0.15, 0.2) is 41.3 Å². The Kier molecular flexibility index (Phi) is 9.89. The summed E-state index contributed by atoms with van der Waals surface area (Å²) in [6.45, 7) is 11.2. The van der Waals surface area contributed by atoms with Crippen molar-refractivity contribution in [2.75, 3.05) is 0 Å². The first kappa shape index (κ1) is 31.5. The highest BCUT2D eigenvalue weighted by Gasteiger charge is 2.53. The number of aliphatic hydroxyl groups is 2. The maximum atomic E-state index is 14.0. The van der Waals surface area contributed by atoms with Crippen LogP contribution in [0.2, 0.25) is 0 Å². The maximum absolute atomic E-state index is 14.0. The van der Waals surface area contributed by atoms with E-state index in [0.29, 0.717) is 12.8 Å². The number of aliphatic hydroxyl groups excluding tert-OH is 2. The number of nitrogens with zero attached hydrogens (tertiary/aromatic N) is 1. The number of carbonyl (C=O) groups excluding carboxylic acids is 2. The van der Waals surface area contributed by atoms with Crippen LogP contribution in [-0.2, 0) is 25.5 Å². The summed E-state index contributed by atoms with van der Waals surface area (Å²) in [6.07, 6.45) is 2.09. The molecule has 2 saturated heterocycles. The molecular weight excluding hydrogens is 538 g/mol. The SMILES string of the molecule is CC(=Cc1csc(C)n1)[C@@H]1C[C@H]2O[C@]2(C)CCC[C@H](C)[C@@H](O)[C@H](Cc2ccccc2)C(=O)C(C)(C)[C@@H](O)CC(=O)O1. The molecule has 224 valence electrons. The molecule has 0 aliphatic carbocycles. The van der Waals surface area contributed by atoms with Crippen LogP contribution >= 0.6 is 11.3 Å². The van der Waals surface area contributed by atoms with Crippen molar-refractivity contribution < 1.29 is 29.3 Å². The molecule has 0 unspecified atom stereocenters. The minimum atomic E-state index is -1.27. The smallest absolute Gasteiger partial charge is 0.309 e. The number of aromatic nitrogens is 1. The zero-order chi connectivity index (χ0) is 29.9. The van der Waals surface area contributed by atoms with Gasteiger partial charge in [0.15, 0.2) is 0 Å². The van der Waals surface area contributed by atoms with Crippen LogP contribution in [-0.4, -0.2) is 57.0 Å². The minimum absolute atomic E-state index is 0.0669. The van der Waals surface area contributed by atoms with E-state index in [-0.39, 0.29) is 29.8 Å². The summed E-state index contributed by atoms with van der Waals surface area (Å²) < 4.78 is 12.1. The Morgan fingerprint density at radius 1 is 1.17 bits per heavy atom. The molecule has 2 aliphatic rings. The number of fused-ring (bicyclic) bond motifs is 1. The molecule has 1 aromatic heterocycles. The predicted octanol–water partition coefficient (Wildman–Crippen LogP) is 5.70. The fourth-order valence-corrected chi connectivity index (χ4v) is 6.51. The van der Waals surface area contributed by atoms with Gasteiger partial charge in [-0.15, -0.1) is 11.3 Å². The summed E-state index contributed by atoms with van der Waals surface area (Å²) in [5.74, 6) is -1.68. The predicted molar refractivity (Wildman–Crippen MR) is 160 cm³/mol. The zero-order valence-corrected chi connectivity index (χ0v) is 25.9. The summed E-state index contributed by atoms with van der Waals surface area (Å²) in [4.78, 5) is 31.7. The molecule has 2 fully saturated rings. The third kappa shape index (κ3) is 7.72. The summed E-state index contributed by atoms with van der Waals surface area (Å²) >= 11 is 1.56. The molecule has 4 rings (SSSR count). The second-order valence-corrected chi connectivity index (χ2v) is 13.8. The van der Waals surface area contributed by atoms with E-state index in [2.05, 4.69) is 11.9 Å². The van der Waals surface area contributed by atoms with Crippen molar-refractivity contribution in [1.82, 2.24) is 4.98 Å².